The fourth-order valence-electron chi connectivity index (χ4n) is 2.59. The van der Waals surface area contributed by atoms with E-state index in [0.29, 0.717) is 10.6 Å². The highest BCUT2D eigenvalue weighted by molar-refractivity contribution is 7.93. The molecule has 0 aliphatic heterocycles. The molecule has 1 N–H and O–H groups in total. The summed E-state index contributed by atoms with van der Waals surface area (Å²) in [4.78, 5) is 0.299. The lowest BCUT2D eigenvalue weighted by Gasteiger charge is -2.14. The minimum absolute atomic E-state index is 0.299. The monoisotopic (exact) mass is 311 g/mol. The summed E-state index contributed by atoms with van der Waals surface area (Å²) in [5, 5.41) is 1.63. The van der Waals surface area contributed by atoms with Crippen LogP contribution in [0.25, 0.3) is 10.8 Å². The summed E-state index contributed by atoms with van der Waals surface area (Å²) in [5.74, 6) is 0. The number of nitrogens with one attached hydrogen (secondary N) is 1. The Morgan fingerprint density at radius 2 is 1.36 bits per heavy atom. The molecule has 0 amide bonds. The molecule has 112 valence electrons. The van der Waals surface area contributed by atoms with Gasteiger partial charge in [-0.2, -0.15) is 0 Å². The molecule has 0 aromatic heterocycles. The van der Waals surface area contributed by atoms with Gasteiger partial charge in [-0.15, -0.1) is 0 Å². The lowest BCUT2D eigenvalue weighted by molar-refractivity contribution is 0.602. The van der Waals surface area contributed by atoms with E-state index >= 15 is 0 Å². The lowest BCUT2D eigenvalue weighted by Crippen LogP contribution is -2.15. The number of benzene rings is 3. The Morgan fingerprint density at radius 3 is 2.09 bits per heavy atom. The third-order valence-electron chi connectivity index (χ3n) is 3.76. The molecule has 22 heavy (non-hydrogen) atoms. The normalized spacial score (nSPS) is 11.5. The molecule has 0 heterocycles. The molecule has 0 fully saturated rings. The zero-order valence-corrected chi connectivity index (χ0v) is 13.3. The SMILES string of the molecule is Cc1cccc(C)c1NS(=O)(=O)c1cccc2ccccc12. The van der Waals surface area contributed by atoms with E-state index in [9.17, 15) is 8.42 Å². The average molecular weight is 311 g/mol. The summed E-state index contributed by atoms with van der Waals surface area (Å²) in [5.41, 5.74) is 2.46. The Labute approximate surface area is 130 Å². The van der Waals surface area contributed by atoms with Crippen LogP contribution in [0.3, 0.4) is 0 Å². The first kappa shape index (κ1) is 14.6. The summed E-state index contributed by atoms with van der Waals surface area (Å²) in [7, 11) is -3.63. The molecular formula is C18H17NO2S. The predicted octanol–water partition coefficient (Wildman–Crippen LogP) is 4.26. The number of fused-ring (bicyclic) bond motifs is 1. The van der Waals surface area contributed by atoms with Crippen molar-refractivity contribution in [2.24, 2.45) is 0 Å². The van der Waals surface area contributed by atoms with E-state index in [0.717, 1.165) is 21.9 Å². The number of hydrogen-bond donors (Lipinski definition) is 1. The second-order valence-corrected chi connectivity index (χ2v) is 7.00. The summed E-state index contributed by atoms with van der Waals surface area (Å²) < 4.78 is 28.4. The van der Waals surface area contributed by atoms with Gasteiger partial charge < -0.3 is 0 Å². The molecule has 3 aromatic rings. The summed E-state index contributed by atoms with van der Waals surface area (Å²) in [6.07, 6.45) is 0. The maximum atomic E-state index is 12.8. The van der Waals surface area contributed by atoms with E-state index in [1.807, 2.05) is 62.4 Å². The zero-order chi connectivity index (χ0) is 15.7. The van der Waals surface area contributed by atoms with Crippen molar-refractivity contribution in [3.8, 4) is 0 Å². The van der Waals surface area contributed by atoms with Crippen LogP contribution in [0, 0.1) is 13.8 Å². The van der Waals surface area contributed by atoms with Crippen LogP contribution in [0.15, 0.2) is 65.6 Å². The van der Waals surface area contributed by atoms with Gasteiger partial charge in [-0.25, -0.2) is 8.42 Å². The molecule has 0 saturated carbocycles. The Kier molecular flexibility index (Phi) is 3.62. The van der Waals surface area contributed by atoms with Gasteiger partial charge in [0.15, 0.2) is 0 Å². The van der Waals surface area contributed by atoms with Gasteiger partial charge in [-0.1, -0.05) is 54.6 Å². The van der Waals surface area contributed by atoms with Gasteiger partial charge in [-0.05, 0) is 36.4 Å². The van der Waals surface area contributed by atoms with Gasteiger partial charge in [0.05, 0.1) is 10.6 Å². The predicted molar refractivity (Wildman–Crippen MR) is 90.7 cm³/mol. The van der Waals surface area contributed by atoms with Gasteiger partial charge >= 0.3 is 0 Å². The van der Waals surface area contributed by atoms with Crippen LogP contribution >= 0.6 is 0 Å². The first-order valence-corrected chi connectivity index (χ1v) is 8.54. The van der Waals surface area contributed by atoms with Crippen molar-refractivity contribution >= 4 is 26.5 Å². The molecule has 3 rings (SSSR count). The average Bonchev–Trinajstić information content (AvgIpc) is 2.50. The van der Waals surface area contributed by atoms with E-state index < -0.39 is 10.0 Å². The van der Waals surface area contributed by atoms with E-state index in [4.69, 9.17) is 0 Å². The molecule has 0 aliphatic rings. The fourth-order valence-corrected chi connectivity index (χ4v) is 4.03. The Hall–Kier alpha value is -2.33. The third kappa shape index (κ3) is 2.57. The summed E-state index contributed by atoms with van der Waals surface area (Å²) in [6, 6.07) is 18.5. The van der Waals surface area contributed by atoms with Crippen molar-refractivity contribution in [1.29, 1.82) is 0 Å². The molecule has 4 heteroatoms. The number of anilines is 1. The van der Waals surface area contributed by atoms with Crippen LogP contribution in [-0.2, 0) is 10.0 Å². The molecule has 3 aromatic carbocycles. The molecule has 0 spiro atoms. The summed E-state index contributed by atoms with van der Waals surface area (Å²) in [6.45, 7) is 3.79. The van der Waals surface area contributed by atoms with E-state index in [2.05, 4.69) is 4.72 Å². The van der Waals surface area contributed by atoms with Gasteiger partial charge in [0.2, 0.25) is 0 Å². The first-order valence-electron chi connectivity index (χ1n) is 7.06. The van der Waals surface area contributed by atoms with E-state index in [1.54, 1.807) is 12.1 Å². The molecule has 0 atom stereocenters. The second-order valence-electron chi connectivity index (χ2n) is 5.35. The van der Waals surface area contributed by atoms with Crippen LogP contribution in [-0.4, -0.2) is 8.42 Å². The van der Waals surface area contributed by atoms with Gasteiger partial charge in [0.25, 0.3) is 10.0 Å². The van der Waals surface area contributed by atoms with Crippen LogP contribution in [0.5, 0.6) is 0 Å². The van der Waals surface area contributed by atoms with E-state index in [-0.39, 0.29) is 0 Å². The largest absolute Gasteiger partial charge is 0.279 e. The van der Waals surface area contributed by atoms with Crippen molar-refractivity contribution in [2.75, 3.05) is 4.72 Å². The molecule has 3 nitrogen and oxygen atoms in total. The second kappa shape index (κ2) is 5.46. The van der Waals surface area contributed by atoms with Crippen LogP contribution in [0.2, 0.25) is 0 Å². The first-order chi connectivity index (χ1) is 10.5. The number of hydrogen-bond acceptors (Lipinski definition) is 2. The van der Waals surface area contributed by atoms with Gasteiger partial charge in [-0.3, -0.25) is 4.72 Å². The molecule has 0 bridgehead atoms. The van der Waals surface area contributed by atoms with Crippen molar-refractivity contribution < 1.29 is 8.42 Å². The number of sulfonamides is 1. The van der Waals surface area contributed by atoms with Crippen LogP contribution in [0.4, 0.5) is 5.69 Å². The minimum atomic E-state index is -3.63. The minimum Gasteiger partial charge on any atom is -0.279 e. The smallest absolute Gasteiger partial charge is 0.262 e. The van der Waals surface area contributed by atoms with Crippen LogP contribution in [0.1, 0.15) is 11.1 Å². The van der Waals surface area contributed by atoms with Crippen molar-refractivity contribution in [2.45, 2.75) is 18.7 Å². The topological polar surface area (TPSA) is 46.2 Å². The van der Waals surface area contributed by atoms with Crippen LogP contribution < -0.4 is 4.72 Å². The molecule has 0 aliphatic carbocycles. The Bertz CT molecular complexity index is 921. The standard InChI is InChI=1S/C18H17NO2S/c1-13-7-5-8-14(2)18(13)19-22(20,21)17-12-6-10-15-9-3-4-11-16(15)17/h3-12,19H,1-2H3. The van der Waals surface area contributed by atoms with Crippen molar-refractivity contribution in [3.05, 3.63) is 71.8 Å². The Balaban J connectivity index is 2.14. The van der Waals surface area contributed by atoms with Gasteiger partial charge in [0, 0.05) is 5.39 Å². The van der Waals surface area contributed by atoms with Crippen molar-refractivity contribution in [3.63, 3.8) is 0 Å². The third-order valence-corrected chi connectivity index (χ3v) is 5.16. The molecular weight excluding hydrogens is 294 g/mol. The van der Waals surface area contributed by atoms with Crippen molar-refractivity contribution in [1.82, 2.24) is 0 Å². The maximum Gasteiger partial charge on any atom is 0.262 e. The number of para-hydroxylation sites is 1. The highest BCUT2D eigenvalue weighted by Crippen LogP contribution is 2.27. The molecule has 0 radical (unpaired) electrons. The highest BCUT2D eigenvalue weighted by Gasteiger charge is 2.18. The Morgan fingerprint density at radius 1 is 0.773 bits per heavy atom. The van der Waals surface area contributed by atoms with E-state index in [1.165, 1.54) is 0 Å². The van der Waals surface area contributed by atoms with Gasteiger partial charge in [0.1, 0.15) is 0 Å². The molecule has 0 saturated heterocycles. The highest BCUT2D eigenvalue weighted by atomic mass is 32.2. The maximum absolute atomic E-state index is 12.8. The fraction of sp³-hybridized carbons (Fsp3) is 0.111. The number of rotatable bonds is 3. The molecule has 0 unspecified atom stereocenters. The quantitative estimate of drug-likeness (QED) is 0.785. The lowest BCUT2D eigenvalue weighted by atomic mass is 10.1. The number of aryl methyl sites for hydroxylation is 2. The summed E-state index contributed by atoms with van der Waals surface area (Å²) >= 11 is 0. The zero-order valence-electron chi connectivity index (χ0n) is 12.5.